The third kappa shape index (κ3) is 3.49. The third-order valence-electron chi connectivity index (χ3n) is 1.84. The first kappa shape index (κ1) is 11.9. The van der Waals surface area contributed by atoms with Crippen molar-refractivity contribution >= 4 is 17.5 Å². The van der Waals surface area contributed by atoms with Gasteiger partial charge in [0.2, 0.25) is 0 Å². The van der Waals surface area contributed by atoms with Gasteiger partial charge in [0.15, 0.2) is 0 Å². The molecule has 0 saturated heterocycles. The molecule has 0 atom stereocenters. The number of nitrogens with one attached hydrogen (secondary N) is 1. The van der Waals surface area contributed by atoms with E-state index in [2.05, 4.69) is 10.3 Å². The van der Waals surface area contributed by atoms with Crippen LogP contribution >= 0.6 is 11.6 Å². The fraction of sp³-hybridized carbons (Fsp3) is 0.400. The van der Waals surface area contributed by atoms with Gasteiger partial charge in [-0.25, -0.2) is 4.98 Å². The highest BCUT2D eigenvalue weighted by atomic mass is 35.5. The van der Waals surface area contributed by atoms with Gasteiger partial charge in [0.1, 0.15) is 5.15 Å². The Morgan fingerprint density at radius 3 is 2.73 bits per heavy atom. The maximum Gasteiger partial charge on any atom is 0.253 e. The molecular weight excluding hydrogens is 216 g/mol. The molecule has 0 aliphatic heterocycles. The van der Waals surface area contributed by atoms with Crippen LogP contribution in [0, 0.1) is 0 Å². The Hall–Kier alpha value is -1.13. The molecule has 1 amide bonds. The summed E-state index contributed by atoms with van der Waals surface area (Å²) in [5.74, 6) is -0.279. The van der Waals surface area contributed by atoms with Crippen LogP contribution in [0.5, 0.6) is 0 Å². The van der Waals surface area contributed by atoms with E-state index in [0.29, 0.717) is 10.7 Å². The number of nitrogens with zero attached hydrogens (tertiary/aromatic N) is 1. The lowest BCUT2D eigenvalue weighted by Crippen LogP contribution is -2.46. The standard InChI is InChI=1S/C10H13ClN2O2/c1-10(2,6-14)13-9(15)7-3-4-8(11)12-5-7/h3-5,14H,6H2,1-2H3,(H,13,15). The Morgan fingerprint density at radius 2 is 2.27 bits per heavy atom. The minimum Gasteiger partial charge on any atom is -0.394 e. The van der Waals surface area contributed by atoms with Crippen LogP contribution in [0.25, 0.3) is 0 Å². The molecule has 0 saturated carbocycles. The molecule has 0 unspecified atom stereocenters. The number of carbonyl (C=O) groups is 1. The molecular formula is C10H13ClN2O2. The normalized spacial score (nSPS) is 11.2. The number of carbonyl (C=O) groups excluding carboxylic acids is 1. The summed E-state index contributed by atoms with van der Waals surface area (Å²) in [4.78, 5) is 15.4. The molecule has 0 aliphatic rings. The Kier molecular flexibility index (Phi) is 3.66. The van der Waals surface area contributed by atoms with Crippen LogP contribution in [-0.2, 0) is 0 Å². The van der Waals surface area contributed by atoms with Crippen LogP contribution in [0.1, 0.15) is 24.2 Å². The average Bonchev–Trinajstić information content (AvgIpc) is 2.18. The van der Waals surface area contributed by atoms with Crippen molar-refractivity contribution in [1.82, 2.24) is 10.3 Å². The summed E-state index contributed by atoms with van der Waals surface area (Å²) in [5, 5.41) is 12.0. The summed E-state index contributed by atoms with van der Waals surface area (Å²) in [5.41, 5.74) is -0.225. The van der Waals surface area contributed by atoms with Crippen LogP contribution in [0.3, 0.4) is 0 Å². The molecule has 0 aliphatic carbocycles. The summed E-state index contributed by atoms with van der Waals surface area (Å²) in [6.07, 6.45) is 1.39. The van der Waals surface area contributed by atoms with Crippen molar-refractivity contribution in [1.29, 1.82) is 0 Å². The van der Waals surface area contributed by atoms with Crippen molar-refractivity contribution in [3.05, 3.63) is 29.0 Å². The number of hydrogen-bond donors (Lipinski definition) is 2. The van der Waals surface area contributed by atoms with E-state index < -0.39 is 5.54 Å². The van der Waals surface area contributed by atoms with E-state index in [1.165, 1.54) is 6.20 Å². The summed E-state index contributed by atoms with van der Waals surface area (Å²) < 4.78 is 0. The van der Waals surface area contributed by atoms with Gasteiger partial charge in [-0.15, -0.1) is 0 Å². The number of halogens is 1. The molecule has 0 radical (unpaired) electrons. The largest absolute Gasteiger partial charge is 0.394 e. The molecule has 0 spiro atoms. The van der Waals surface area contributed by atoms with Crippen molar-refractivity contribution in [3.63, 3.8) is 0 Å². The molecule has 0 bridgehead atoms. The van der Waals surface area contributed by atoms with Crippen LogP contribution in [0.2, 0.25) is 5.15 Å². The highest BCUT2D eigenvalue weighted by molar-refractivity contribution is 6.29. The van der Waals surface area contributed by atoms with Gasteiger partial charge in [0.05, 0.1) is 17.7 Å². The summed E-state index contributed by atoms with van der Waals surface area (Å²) in [6.45, 7) is 3.34. The Morgan fingerprint density at radius 1 is 1.60 bits per heavy atom. The van der Waals surface area contributed by atoms with Crippen LogP contribution < -0.4 is 5.32 Å². The van der Waals surface area contributed by atoms with Crippen LogP contribution in [0.4, 0.5) is 0 Å². The molecule has 0 aromatic carbocycles. The fourth-order valence-electron chi connectivity index (χ4n) is 0.929. The fourth-order valence-corrected chi connectivity index (χ4v) is 1.04. The second-order valence-corrected chi connectivity index (χ2v) is 4.25. The van der Waals surface area contributed by atoms with E-state index in [-0.39, 0.29) is 12.5 Å². The Balaban J connectivity index is 2.74. The van der Waals surface area contributed by atoms with Crippen molar-refractivity contribution in [2.45, 2.75) is 19.4 Å². The average molecular weight is 229 g/mol. The van der Waals surface area contributed by atoms with Gasteiger partial charge >= 0.3 is 0 Å². The second-order valence-electron chi connectivity index (χ2n) is 3.87. The molecule has 1 heterocycles. The van der Waals surface area contributed by atoms with Crippen molar-refractivity contribution in [2.24, 2.45) is 0 Å². The first-order valence-electron chi connectivity index (χ1n) is 4.49. The Labute approximate surface area is 93.3 Å². The van der Waals surface area contributed by atoms with E-state index in [1.807, 2.05) is 0 Å². The summed E-state index contributed by atoms with van der Waals surface area (Å²) in [6, 6.07) is 3.13. The van der Waals surface area contributed by atoms with Crippen molar-refractivity contribution in [2.75, 3.05) is 6.61 Å². The van der Waals surface area contributed by atoms with E-state index in [9.17, 15) is 4.79 Å². The number of amides is 1. The molecule has 82 valence electrons. The van der Waals surface area contributed by atoms with Crippen LogP contribution in [-0.4, -0.2) is 28.1 Å². The maximum absolute atomic E-state index is 11.6. The quantitative estimate of drug-likeness (QED) is 0.766. The van der Waals surface area contributed by atoms with E-state index in [4.69, 9.17) is 16.7 Å². The van der Waals surface area contributed by atoms with Gasteiger partial charge in [0.25, 0.3) is 5.91 Å². The molecule has 2 N–H and O–H groups in total. The van der Waals surface area contributed by atoms with Gasteiger partial charge in [-0.2, -0.15) is 0 Å². The van der Waals surface area contributed by atoms with E-state index in [0.717, 1.165) is 0 Å². The molecule has 5 heteroatoms. The van der Waals surface area contributed by atoms with Gasteiger partial charge in [-0.3, -0.25) is 4.79 Å². The van der Waals surface area contributed by atoms with Crippen molar-refractivity contribution < 1.29 is 9.90 Å². The molecule has 1 aromatic rings. The lowest BCUT2D eigenvalue weighted by Gasteiger charge is -2.23. The SMILES string of the molecule is CC(C)(CO)NC(=O)c1ccc(Cl)nc1. The predicted molar refractivity (Wildman–Crippen MR) is 57.9 cm³/mol. The third-order valence-corrected chi connectivity index (χ3v) is 2.06. The van der Waals surface area contributed by atoms with Crippen molar-refractivity contribution in [3.8, 4) is 0 Å². The monoisotopic (exact) mass is 228 g/mol. The maximum atomic E-state index is 11.6. The zero-order chi connectivity index (χ0) is 11.5. The van der Waals surface area contributed by atoms with Gasteiger partial charge in [-0.05, 0) is 26.0 Å². The molecule has 15 heavy (non-hydrogen) atoms. The first-order valence-corrected chi connectivity index (χ1v) is 4.87. The van der Waals surface area contributed by atoms with Crippen LogP contribution in [0.15, 0.2) is 18.3 Å². The molecule has 1 rings (SSSR count). The number of aliphatic hydroxyl groups excluding tert-OH is 1. The number of rotatable bonds is 3. The molecule has 4 nitrogen and oxygen atoms in total. The second kappa shape index (κ2) is 4.59. The summed E-state index contributed by atoms with van der Waals surface area (Å²) >= 11 is 5.59. The number of aliphatic hydroxyl groups is 1. The lowest BCUT2D eigenvalue weighted by atomic mass is 10.1. The lowest BCUT2D eigenvalue weighted by molar-refractivity contribution is 0.0869. The highest BCUT2D eigenvalue weighted by Gasteiger charge is 2.19. The summed E-state index contributed by atoms with van der Waals surface area (Å²) in [7, 11) is 0. The predicted octanol–water partition coefficient (Wildman–Crippen LogP) is 1.24. The van der Waals surface area contributed by atoms with Gasteiger partial charge < -0.3 is 10.4 Å². The number of aromatic nitrogens is 1. The van der Waals surface area contributed by atoms with Gasteiger partial charge in [-0.1, -0.05) is 11.6 Å². The highest BCUT2D eigenvalue weighted by Crippen LogP contribution is 2.07. The zero-order valence-electron chi connectivity index (χ0n) is 8.62. The topological polar surface area (TPSA) is 62.2 Å². The zero-order valence-corrected chi connectivity index (χ0v) is 9.38. The number of hydrogen-bond acceptors (Lipinski definition) is 3. The number of pyridine rings is 1. The minimum atomic E-state index is -0.642. The Bertz CT molecular complexity index is 349. The minimum absolute atomic E-state index is 0.125. The molecule has 0 fully saturated rings. The first-order chi connectivity index (χ1) is 6.94. The van der Waals surface area contributed by atoms with E-state index >= 15 is 0 Å². The smallest absolute Gasteiger partial charge is 0.253 e. The molecule has 1 aromatic heterocycles. The van der Waals surface area contributed by atoms with Gasteiger partial charge in [0, 0.05) is 6.20 Å². The van der Waals surface area contributed by atoms with E-state index in [1.54, 1.807) is 26.0 Å².